The van der Waals surface area contributed by atoms with Crippen LogP contribution in [0.3, 0.4) is 0 Å². The summed E-state index contributed by atoms with van der Waals surface area (Å²) in [4.78, 5) is 23.5. The van der Waals surface area contributed by atoms with Crippen LogP contribution in [0.5, 0.6) is 17.2 Å². The van der Waals surface area contributed by atoms with Crippen LogP contribution >= 0.6 is 0 Å². The molecule has 0 saturated carbocycles. The van der Waals surface area contributed by atoms with E-state index in [4.69, 9.17) is 19.7 Å². The Morgan fingerprint density at radius 1 is 1.11 bits per heavy atom. The summed E-state index contributed by atoms with van der Waals surface area (Å²) in [7, 11) is -0.0883. The van der Waals surface area contributed by atoms with E-state index >= 15 is 0 Å². The highest BCUT2D eigenvalue weighted by molar-refractivity contribution is 6.09. The molecule has 0 bridgehead atoms. The van der Waals surface area contributed by atoms with Gasteiger partial charge in [-0.15, -0.1) is 0 Å². The lowest BCUT2D eigenvalue weighted by Crippen LogP contribution is -2.04. The number of benzene rings is 2. The first-order chi connectivity index (χ1) is 15.2. The average Bonchev–Trinajstić information content (AvgIpc) is 3.34. The van der Waals surface area contributed by atoms with E-state index in [1.54, 1.807) is 6.20 Å². The van der Waals surface area contributed by atoms with Crippen molar-refractivity contribution in [2.45, 2.75) is 0 Å². The van der Waals surface area contributed by atoms with Gasteiger partial charge in [-0.25, -0.2) is 4.98 Å². The Bertz CT molecular complexity index is 1310. The van der Waals surface area contributed by atoms with Crippen molar-refractivity contribution >= 4 is 16.7 Å². The Labute approximate surface area is 166 Å². The predicted molar refractivity (Wildman–Crippen MR) is 105 cm³/mol. The molecule has 0 atom stereocenters. The molecule has 28 heavy (non-hydrogen) atoms. The number of carbonyl (C=O) groups is 1. The van der Waals surface area contributed by atoms with Crippen LogP contribution in [0.1, 0.15) is 21.5 Å². The highest BCUT2D eigenvalue weighted by Gasteiger charge is 2.20. The molecule has 0 saturated heterocycles. The second kappa shape index (κ2) is 7.11. The molecule has 0 aliphatic rings. The third kappa shape index (κ3) is 2.87. The van der Waals surface area contributed by atoms with Gasteiger partial charge in [0.1, 0.15) is 11.5 Å². The van der Waals surface area contributed by atoms with Crippen LogP contribution in [0.25, 0.3) is 22.3 Å². The van der Waals surface area contributed by atoms with Crippen LogP contribution in [-0.2, 0) is 0 Å². The van der Waals surface area contributed by atoms with Gasteiger partial charge < -0.3 is 24.2 Å². The summed E-state index contributed by atoms with van der Waals surface area (Å²) in [5, 5.41) is 0.889. The van der Waals surface area contributed by atoms with Gasteiger partial charge in [0.05, 0.1) is 26.7 Å². The molecule has 2 heterocycles. The first-order valence-corrected chi connectivity index (χ1v) is 8.34. The number of carbonyl (C=O) groups excluding carboxylic acids is 1. The summed E-state index contributed by atoms with van der Waals surface area (Å²) in [6.07, 6.45) is 1.57. The summed E-state index contributed by atoms with van der Waals surface area (Å²) in [5.74, 6) is -0.289. The third-order valence-electron chi connectivity index (χ3n) is 4.40. The Morgan fingerprint density at radius 3 is 2.64 bits per heavy atom. The third-order valence-corrected chi connectivity index (χ3v) is 4.40. The number of imidazole rings is 1. The largest absolute Gasteiger partial charge is 0.493 e. The van der Waals surface area contributed by atoms with Crippen LogP contribution in [0.15, 0.2) is 48.8 Å². The van der Waals surface area contributed by atoms with Gasteiger partial charge in [0.2, 0.25) is 11.5 Å². The van der Waals surface area contributed by atoms with Gasteiger partial charge in [-0.05, 0) is 18.2 Å². The molecule has 0 spiro atoms. The molecule has 4 rings (SSSR count). The number of ketones is 1. The monoisotopic (exact) mass is 381 g/mol. The van der Waals surface area contributed by atoms with Gasteiger partial charge in [0, 0.05) is 34.4 Å². The molecule has 7 heteroatoms. The van der Waals surface area contributed by atoms with E-state index in [-0.39, 0.29) is 34.7 Å². The smallest absolute Gasteiger partial charge is 0.213 e. The van der Waals surface area contributed by atoms with Crippen molar-refractivity contribution < 1.29 is 24.5 Å². The fourth-order valence-electron chi connectivity index (χ4n) is 3.06. The molecule has 2 N–H and O–H groups in total. The van der Waals surface area contributed by atoms with Crippen LogP contribution in [0.4, 0.5) is 0 Å². The lowest BCUT2D eigenvalue weighted by atomic mass is 10.1. The number of fused-ring (bicyclic) bond motifs is 1. The average molecular weight is 381 g/mol. The molecule has 0 aliphatic carbocycles. The summed E-state index contributed by atoms with van der Waals surface area (Å²) in [6.45, 7) is 0. The summed E-state index contributed by atoms with van der Waals surface area (Å²) in [6, 6.07) is 10.2. The Kier molecular flexibility index (Phi) is 3.41. The summed E-state index contributed by atoms with van der Waals surface area (Å²) in [5.41, 5.74) is 1.52. The minimum Gasteiger partial charge on any atom is -0.493 e. The number of aromatic amines is 2. The number of nitrogens with zero attached hydrogens (tertiary/aromatic N) is 1. The van der Waals surface area contributed by atoms with E-state index in [2.05, 4.69) is 15.0 Å². The van der Waals surface area contributed by atoms with Crippen molar-refractivity contribution in [1.82, 2.24) is 15.0 Å². The number of ether oxygens (including phenoxy) is 3. The molecule has 142 valence electrons. The normalized spacial score (nSPS) is 13.4. The van der Waals surface area contributed by atoms with Gasteiger partial charge in [0.25, 0.3) is 0 Å². The van der Waals surface area contributed by atoms with E-state index in [0.717, 1.165) is 10.9 Å². The van der Waals surface area contributed by atoms with Gasteiger partial charge in [-0.1, -0.05) is 18.2 Å². The van der Waals surface area contributed by atoms with Crippen molar-refractivity contribution in [1.29, 1.82) is 0 Å². The van der Waals surface area contributed by atoms with Crippen LogP contribution in [-0.4, -0.2) is 42.0 Å². The number of hydrogen-bond donors (Lipinski definition) is 2. The maximum absolute atomic E-state index is 13.2. The van der Waals surface area contributed by atoms with E-state index in [1.807, 2.05) is 24.3 Å². The zero-order chi connectivity index (χ0) is 23.0. The number of rotatable bonds is 6. The Balaban J connectivity index is 1.77. The number of para-hydroxylation sites is 1. The lowest BCUT2D eigenvalue weighted by molar-refractivity contribution is 0.103. The van der Waals surface area contributed by atoms with Crippen molar-refractivity contribution in [3.05, 3.63) is 60.0 Å². The second-order valence-electron chi connectivity index (χ2n) is 5.95. The lowest BCUT2D eigenvalue weighted by Gasteiger charge is -2.13. The van der Waals surface area contributed by atoms with Crippen molar-refractivity contribution in [2.75, 3.05) is 21.3 Å². The predicted octanol–water partition coefficient (Wildman–Crippen LogP) is 3.81. The van der Waals surface area contributed by atoms with Gasteiger partial charge in [-0.3, -0.25) is 4.79 Å². The van der Waals surface area contributed by atoms with E-state index in [1.165, 1.54) is 26.4 Å². The summed E-state index contributed by atoms with van der Waals surface area (Å²) < 4.78 is 45.8. The van der Waals surface area contributed by atoms with Gasteiger partial charge in [0.15, 0.2) is 11.5 Å². The second-order valence-corrected chi connectivity index (χ2v) is 5.95. The standard InChI is InChI=1S/C21H19N3O4/c1-26-17-8-12(9-18(27-2)20(17)28-3)19(25)16-11-23-21(24-16)14-10-22-15-7-5-4-6-13(14)15/h4-11,22H,1-3H3,(H,23,24)/i1D3,11D. The molecule has 7 nitrogen and oxygen atoms in total. The first-order valence-electron chi connectivity index (χ1n) is 10.3. The van der Waals surface area contributed by atoms with Crippen molar-refractivity contribution in [3.63, 3.8) is 0 Å². The van der Waals surface area contributed by atoms with E-state index in [0.29, 0.717) is 11.4 Å². The van der Waals surface area contributed by atoms with Crippen molar-refractivity contribution in [2.24, 2.45) is 0 Å². The number of hydrogen-bond acceptors (Lipinski definition) is 5. The molecule has 0 unspecified atom stereocenters. The maximum atomic E-state index is 13.2. The number of H-pyrrole nitrogens is 2. The van der Waals surface area contributed by atoms with Crippen molar-refractivity contribution in [3.8, 4) is 28.6 Å². The molecule has 4 aromatic rings. The molecule has 0 fully saturated rings. The summed E-state index contributed by atoms with van der Waals surface area (Å²) >= 11 is 0. The first kappa shape index (κ1) is 13.4. The van der Waals surface area contributed by atoms with E-state index < -0.39 is 12.8 Å². The zero-order valence-corrected chi connectivity index (χ0v) is 15.1. The minimum absolute atomic E-state index is 0.0346. The van der Waals surface area contributed by atoms with Crippen LogP contribution in [0, 0.1) is 0 Å². The highest BCUT2D eigenvalue weighted by atomic mass is 16.5. The number of aromatic nitrogens is 3. The van der Waals surface area contributed by atoms with Crippen LogP contribution in [0.2, 0.25) is 0 Å². The van der Waals surface area contributed by atoms with Gasteiger partial charge in [-0.2, -0.15) is 0 Å². The Morgan fingerprint density at radius 2 is 1.89 bits per heavy atom. The fraction of sp³-hybridized carbons (Fsp3) is 0.143. The molecule has 0 aliphatic heterocycles. The molecule has 2 aromatic heterocycles. The quantitative estimate of drug-likeness (QED) is 0.496. The number of methoxy groups -OCH3 is 3. The van der Waals surface area contributed by atoms with Gasteiger partial charge >= 0.3 is 0 Å². The molecule has 2 aromatic carbocycles. The fourth-order valence-corrected chi connectivity index (χ4v) is 3.06. The molecule has 0 amide bonds. The number of nitrogens with one attached hydrogen (secondary N) is 2. The minimum atomic E-state index is -2.77. The van der Waals surface area contributed by atoms with Crippen LogP contribution < -0.4 is 14.2 Å². The van der Waals surface area contributed by atoms with E-state index in [9.17, 15) is 4.79 Å². The SMILES string of the molecule is [2H]c1[nH]c(-c2c[nH]c3ccccc23)nc1C(=O)c1cc(OC)c(OC)c(OC([2H])([2H])[2H])c1. The highest BCUT2D eigenvalue weighted by Crippen LogP contribution is 2.38. The Hall–Kier alpha value is -3.74. The topological polar surface area (TPSA) is 89.2 Å². The molecular formula is C21H19N3O4. The zero-order valence-electron chi connectivity index (χ0n) is 19.1. The molecule has 0 radical (unpaired) electrons. The maximum Gasteiger partial charge on any atom is 0.213 e. The molecular weight excluding hydrogens is 358 g/mol.